The lowest BCUT2D eigenvalue weighted by atomic mass is 9.74. The molecule has 1 atom stereocenters. The largest absolute Gasteiger partial charge is 0.381 e. The van der Waals surface area contributed by atoms with Crippen molar-refractivity contribution in [3.05, 3.63) is 47.7 Å². The molecule has 3 rings (SSSR count). The first-order chi connectivity index (χ1) is 12.1. The zero-order valence-electron chi connectivity index (χ0n) is 14.7. The number of anilines is 1. The summed E-state index contributed by atoms with van der Waals surface area (Å²) in [6, 6.07) is 11.9. The molecule has 1 amide bonds. The van der Waals surface area contributed by atoms with Gasteiger partial charge in [0.25, 0.3) is 0 Å². The second-order valence-corrected chi connectivity index (χ2v) is 6.67. The van der Waals surface area contributed by atoms with E-state index >= 15 is 0 Å². The molecule has 1 fully saturated rings. The van der Waals surface area contributed by atoms with Crippen molar-refractivity contribution in [1.29, 1.82) is 0 Å². The van der Waals surface area contributed by atoms with Crippen molar-refractivity contribution in [3.63, 3.8) is 0 Å². The van der Waals surface area contributed by atoms with Crippen LogP contribution in [-0.2, 0) is 14.9 Å². The molecular formula is C19H25N3O3. The third-order valence-corrected chi connectivity index (χ3v) is 4.86. The van der Waals surface area contributed by atoms with Crippen LogP contribution in [0.3, 0.4) is 0 Å². The summed E-state index contributed by atoms with van der Waals surface area (Å²) in [7, 11) is 0. The molecule has 1 saturated heterocycles. The molecule has 134 valence electrons. The lowest BCUT2D eigenvalue weighted by Gasteiger charge is -2.38. The number of rotatable bonds is 6. The zero-order valence-corrected chi connectivity index (χ0v) is 14.7. The molecule has 6 heteroatoms. The quantitative estimate of drug-likeness (QED) is 0.843. The van der Waals surface area contributed by atoms with Crippen LogP contribution in [-0.4, -0.2) is 36.9 Å². The second-order valence-electron chi connectivity index (χ2n) is 6.67. The molecule has 2 aromatic rings. The molecule has 2 N–H and O–H groups in total. The van der Waals surface area contributed by atoms with Gasteiger partial charge >= 0.3 is 0 Å². The Kier molecular flexibility index (Phi) is 5.50. The summed E-state index contributed by atoms with van der Waals surface area (Å²) in [5.41, 5.74) is 1.30. The minimum Gasteiger partial charge on any atom is -0.381 e. The molecule has 1 aliphatic rings. The molecule has 0 radical (unpaired) electrons. The first-order valence-electron chi connectivity index (χ1n) is 8.70. The average molecular weight is 343 g/mol. The van der Waals surface area contributed by atoms with Gasteiger partial charge in [-0.15, -0.1) is 0 Å². The molecule has 1 aliphatic heterocycles. The van der Waals surface area contributed by atoms with Crippen LogP contribution in [0.1, 0.15) is 31.1 Å². The van der Waals surface area contributed by atoms with Gasteiger partial charge < -0.3 is 19.9 Å². The van der Waals surface area contributed by atoms with Gasteiger partial charge in [-0.25, -0.2) is 0 Å². The number of ether oxygens (including phenoxy) is 1. The van der Waals surface area contributed by atoms with E-state index < -0.39 is 0 Å². The van der Waals surface area contributed by atoms with Gasteiger partial charge in [-0.1, -0.05) is 35.5 Å². The first kappa shape index (κ1) is 17.6. The van der Waals surface area contributed by atoms with E-state index in [-0.39, 0.29) is 17.4 Å². The number of benzene rings is 1. The van der Waals surface area contributed by atoms with Gasteiger partial charge in [-0.2, -0.15) is 0 Å². The fourth-order valence-corrected chi connectivity index (χ4v) is 3.22. The van der Waals surface area contributed by atoms with Crippen LogP contribution in [0.5, 0.6) is 0 Å². The molecule has 1 aromatic carbocycles. The van der Waals surface area contributed by atoms with Crippen molar-refractivity contribution in [1.82, 2.24) is 10.5 Å². The lowest BCUT2D eigenvalue weighted by Crippen LogP contribution is -2.48. The number of hydrogen-bond acceptors (Lipinski definition) is 5. The number of nitrogens with one attached hydrogen (secondary N) is 2. The van der Waals surface area contributed by atoms with Gasteiger partial charge in [0.15, 0.2) is 5.82 Å². The smallest absolute Gasteiger partial charge is 0.242 e. The Balaban J connectivity index is 1.63. The van der Waals surface area contributed by atoms with E-state index in [9.17, 15) is 4.79 Å². The van der Waals surface area contributed by atoms with Crippen LogP contribution < -0.4 is 10.6 Å². The number of carbonyl (C=O) groups is 1. The maximum atomic E-state index is 12.4. The van der Waals surface area contributed by atoms with Crippen LogP contribution >= 0.6 is 0 Å². The van der Waals surface area contributed by atoms with Crippen molar-refractivity contribution in [2.45, 2.75) is 38.1 Å². The van der Waals surface area contributed by atoms with Crippen LogP contribution in [0.15, 0.2) is 40.9 Å². The monoisotopic (exact) mass is 343 g/mol. The van der Waals surface area contributed by atoms with Crippen molar-refractivity contribution in [3.8, 4) is 0 Å². The Bertz CT molecular complexity index is 693. The minimum absolute atomic E-state index is 0.00146. The zero-order chi connectivity index (χ0) is 17.7. The maximum absolute atomic E-state index is 12.4. The summed E-state index contributed by atoms with van der Waals surface area (Å²) in [6.07, 6.45) is 1.89. The predicted molar refractivity (Wildman–Crippen MR) is 95.5 cm³/mol. The Morgan fingerprint density at radius 1 is 1.28 bits per heavy atom. The Labute approximate surface area is 147 Å². The van der Waals surface area contributed by atoms with Crippen molar-refractivity contribution < 1.29 is 14.1 Å². The third kappa shape index (κ3) is 4.27. The standard InChI is InChI=1S/C19H25N3O3/c1-14-12-17(22-25-14)21-18(23)15(2)20-13-19(8-10-24-11-9-19)16-6-4-3-5-7-16/h3-7,12,15,20H,8-11,13H2,1-2H3,(H,21,22,23)/t15-/m0/s1. The Morgan fingerprint density at radius 3 is 2.64 bits per heavy atom. The van der Waals surface area contributed by atoms with Crippen LogP contribution in [0.4, 0.5) is 5.82 Å². The van der Waals surface area contributed by atoms with Gasteiger partial charge in [0.05, 0.1) is 6.04 Å². The first-order valence-corrected chi connectivity index (χ1v) is 8.70. The number of aromatic nitrogens is 1. The molecule has 0 bridgehead atoms. The topological polar surface area (TPSA) is 76.4 Å². The maximum Gasteiger partial charge on any atom is 0.242 e. The molecule has 0 spiro atoms. The number of carbonyl (C=O) groups excluding carboxylic acids is 1. The second kappa shape index (κ2) is 7.80. The number of nitrogens with zero attached hydrogens (tertiary/aromatic N) is 1. The highest BCUT2D eigenvalue weighted by Crippen LogP contribution is 2.34. The van der Waals surface area contributed by atoms with E-state index in [4.69, 9.17) is 9.26 Å². The Morgan fingerprint density at radius 2 is 2.00 bits per heavy atom. The average Bonchev–Trinajstić information content (AvgIpc) is 3.06. The molecule has 1 aromatic heterocycles. The summed E-state index contributed by atoms with van der Waals surface area (Å²) in [5, 5.41) is 9.96. The SMILES string of the molecule is Cc1cc(NC(=O)[C@H](C)NCC2(c3ccccc3)CCOCC2)no1. The molecule has 6 nitrogen and oxygen atoms in total. The summed E-state index contributed by atoms with van der Waals surface area (Å²) < 4.78 is 10.5. The molecule has 25 heavy (non-hydrogen) atoms. The highest BCUT2D eigenvalue weighted by atomic mass is 16.5. The fourth-order valence-electron chi connectivity index (χ4n) is 3.22. The van der Waals surface area contributed by atoms with E-state index in [1.807, 2.05) is 13.0 Å². The number of hydrogen-bond donors (Lipinski definition) is 2. The van der Waals surface area contributed by atoms with E-state index in [1.165, 1.54) is 5.56 Å². The minimum atomic E-state index is -0.333. The Hall–Kier alpha value is -2.18. The summed E-state index contributed by atoms with van der Waals surface area (Å²) in [4.78, 5) is 12.4. The molecule has 0 unspecified atom stereocenters. The summed E-state index contributed by atoms with van der Waals surface area (Å²) in [6.45, 7) is 5.87. The van der Waals surface area contributed by atoms with Crippen molar-refractivity contribution >= 4 is 11.7 Å². The summed E-state index contributed by atoms with van der Waals surface area (Å²) in [5.74, 6) is 0.990. The van der Waals surface area contributed by atoms with Gasteiger partial charge in [-0.05, 0) is 32.3 Å². The van der Waals surface area contributed by atoms with Gasteiger partial charge in [0.2, 0.25) is 5.91 Å². The van der Waals surface area contributed by atoms with Gasteiger partial charge in [-0.3, -0.25) is 4.79 Å². The van der Waals surface area contributed by atoms with Gasteiger partial charge in [0, 0.05) is 31.2 Å². The highest BCUT2D eigenvalue weighted by molar-refractivity contribution is 5.93. The number of amides is 1. The van der Waals surface area contributed by atoms with Crippen LogP contribution in [0.2, 0.25) is 0 Å². The fraction of sp³-hybridized carbons (Fsp3) is 0.474. The molecule has 2 heterocycles. The van der Waals surface area contributed by atoms with E-state index in [0.29, 0.717) is 11.6 Å². The highest BCUT2D eigenvalue weighted by Gasteiger charge is 2.34. The van der Waals surface area contributed by atoms with Crippen molar-refractivity contribution in [2.75, 3.05) is 25.1 Å². The van der Waals surface area contributed by atoms with Gasteiger partial charge in [0.1, 0.15) is 5.76 Å². The van der Waals surface area contributed by atoms with Crippen LogP contribution in [0.25, 0.3) is 0 Å². The molecule has 0 saturated carbocycles. The molecular weight excluding hydrogens is 318 g/mol. The van der Waals surface area contributed by atoms with Crippen LogP contribution in [0, 0.1) is 6.92 Å². The predicted octanol–water partition coefficient (Wildman–Crippen LogP) is 2.65. The van der Waals surface area contributed by atoms with Crippen molar-refractivity contribution in [2.24, 2.45) is 0 Å². The molecule has 0 aliphatic carbocycles. The number of aryl methyl sites for hydroxylation is 1. The lowest BCUT2D eigenvalue weighted by molar-refractivity contribution is -0.117. The third-order valence-electron chi connectivity index (χ3n) is 4.86. The normalized spacial score (nSPS) is 17.8. The summed E-state index contributed by atoms with van der Waals surface area (Å²) >= 11 is 0. The van der Waals surface area contributed by atoms with E-state index in [0.717, 1.165) is 32.6 Å². The van der Waals surface area contributed by atoms with E-state index in [2.05, 4.69) is 40.1 Å². The van der Waals surface area contributed by atoms with E-state index in [1.54, 1.807) is 13.0 Å².